The summed E-state index contributed by atoms with van der Waals surface area (Å²) in [6.07, 6.45) is 0. The number of benzene rings is 2. The molecule has 2 aromatic rings. The summed E-state index contributed by atoms with van der Waals surface area (Å²) in [6.45, 7) is 0.619. The SMILES string of the molecule is CNCc1cc(F)ccc1Pc1ccccc1O. The molecular formula is C14H15FNOP. The maximum atomic E-state index is 13.2. The minimum Gasteiger partial charge on any atom is -0.507 e. The molecule has 2 aromatic carbocycles. The van der Waals surface area contributed by atoms with E-state index in [4.69, 9.17) is 0 Å². The minimum atomic E-state index is -0.230. The Kier molecular flexibility index (Phi) is 4.29. The molecule has 0 aromatic heterocycles. The highest BCUT2D eigenvalue weighted by molar-refractivity contribution is 7.55. The zero-order valence-electron chi connectivity index (χ0n) is 10.1. The van der Waals surface area contributed by atoms with Gasteiger partial charge in [-0.15, -0.1) is 0 Å². The van der Waals surface area contributed by atoms with Crippen molar-refractivity contribution in [2.45, 2.75) is 6.54 Å². The first kappa shape index (κ1) is 13.0. The minimum absolute atomic E-state index is 0.230. The van der Waals surface area contributed by atoms with Gasteiger partial charge >= 0.3 is 0 Å². The Morgan fingerprint density at radius 2 is 1.94 bits per heavy atom. The lowest BCUT2D eigenvalue weighted by molar-refractivity contribution is 0.480. The summed E-state index contributed by atoms with van der Waals surface area (Å²) < 4.78 is 13.2. The Morgan fingerprint density at radius 1 is 1.17 bits per heavy atom. The van der Waals surface area contributed by atoms with E-state index in [1.807, 2.05) is 19.2 Å². The molecule has 2 N–H and O–H groups in total. The van der Waals surface area contributed by atoms with Crippen molar-refractivity contribution in [1.82, 2.24) is 5.32 Å². The van der Waals surface area contributed by atoms with E-state index in [0.717, 1.165) is 16.2 Å². The van der Waals surface area contributed by atoms with Gasteiger partial charge < -0.3 is 10.4 Å². The van der Waals surface area contributed by atoms with Crippen molar-refractivity contribution >= 4 is 19.2 Å². The number of hydrogen-bond donors (Lipinski definition) is 2. The number of rotatable bonds is 4. The number of halogens is 1. The average Bonchev–Trinajstić information content (AvgIpc) is 2.35. The Labute approximate surface area is 108 Å². The molecule has 18 heavy (non-hydrogen) atoms. The zero-order chi connectivity index (χ0) is 13.0. The summed E-state index contributed by atoms with van der Waals surface area (Å²) in [5.74, 6) is 0.0571. The summed E-state index contributed by atoms with van der Waals surface area (Å²) in [5, 5.41) is 14.7. The molecule has 0 heterocycles. The van der Waals surface area contributed by atoms with Crippen molar-refractivity contribution < 1.29 is 9.50 Å². The van der Waals surface area contributed by atoms with E-state index in [1.165, 1.54) is 6.07 Å². The Hall–Kier alpha value is -1.44. The fourth-order valence-electron chi connectivity index (χ4n) is 1.75. The van der Waals surface area contributed by atoms with Crippen LogP contribution in [0.2, 0.25) is 0 Å². The highest BCUT2D eigenvalue weighted by Crippen LogP contribution is 2.20. The molecule has 0 aliphatic carbocycles. The molecule has 0 fully saturated rings. The molecule has 0 radical (unpaired) electrons. The maximum absolute atomic E-state index is 13.2. The van der Waals surface area contributed by atoms with Crippen LogP contribution in [0.3, 0.4) is 0 Å². The van der Waals surface area contributed by atoms with Crippen molar-refractivity contribution in [3.63, 3.8) is 0 Å². The molecule has 0 amide bonds. The first-order valence-electron chi connectivity index (χ1n) is 5.69. The molecule has 4 heteroatoms. The van der Waals surface area contributed by atoms with Crippen LogP contribution in [-0.4, -0.2) is 12.2 Å². The fraction of sp³-hybridized carbons (Fsp3) is 0.143. The molecule has 0 aliphatic rings. The molecule has 0 spiro atoms. The topological polar surface area (TPSA) is 32.3 Å². The predicted molar refractivity (Wildman–Crippen MR) is 74.9 cm³/mol. The molecule has 0 aliphatic heterocycles. The van der Waals surface area contributed by atoms with Gasteiger partial charge in [0.15, 0.2) is 0 Å². The standard InChI is InChI=1S/C14H15FNOP/c1-16-9-10-8-11(15)6-7-13(10)18-14-5-3-2-4-12(14)17/h2-8,16-18H,9H2,1H3. The molecule has 0 saturated heterocycles. The van der Waals surface area contributed by atoms with Crippen molar-refractivity contribution in [1.29, 1.82) is 0 Å². The third-order valence-corrected chi connectivity index (χ3v) is 4.06. The number of hydrogen-bond acceptors (Lipinski definition) is 2. The zero-order valence-corrected chi connectivity index (χ0v) is 11.1. The molecule has 0 saturated carbocycles. The summed E-state index contributed by atoms with van der Waals surface area (Å²) in [7, 11) is 2.16. The molecule has 1 atom stereocenters. The number of phenolic OH excluding ortho intramolecular Hbond substituents is 1. The molecule has 1 unspecified atom stereocenters. The van der Waals surface area contributed by atoms with E-state index in [-0.39, 0.29) is 11.6 Å². The van der Waals surface area contributed by atoms with Gasteiger partial charge in [0.25, 0.3) is 0 Å². The van der Waals surface area contributed by atoms with Gasteiger partial charge in [0.05, 0.1) is 0 Å². The fourth-order valence-corrected chi connectivity index (χ4v) is 2.91. The van der Waals surface area contributed by atoms with E-state index in [1.54, 1.807) is 24.3 Å². The molecule has 0 bridgehead atoms. The van der Waals surface area contributed by atoms with E-state index < -0.39 is 0 Å². The summed E-state index contributed by atoms with van der Waals surface area (Å²) in [4.78, 5) is 0. The largest absolute Gasteiger partial charge is 0.507 e. The van der Waals surface area contributed by atoms with Crippen molar-refractivity contribution in [3.8, 4) is 5.75 Å². The van der Waals surface area contributed by atoms with Gasteiger partial charge in [-0.2, -0.15) is 0 Å². The molecular weight excluding hydrogens is 248 g/mol. The average molecular weight is 263 g/mol. The Balaban J connectivity index is 2.31. The van der Waals surface area contributed by atoms with E-state index >= 15 is 0 Å². The summed E-state index contributed by atoms with van der Waals surface area (Å²) >= 11 is 0. The number of phenols is 1. The first-order valence-corrected chi connectivity index (χ1v) is 6.69. The second kappa shape index (κ2) is 5.94. The summed E-state index contributed by atoms with van der Waals surface area (Å²) in [5.41, 5.74) is 0.930. The van der Waals surface area contributed by atoms with Crippen LogP contribution in [0.25, 0.3) is 0 Å². The van der Waals surface area contributed by atoms with Gasteiger partial charge in [0.2, 0.25) is 0 Å². The van der Waals surface area contributed by atoms with Gasteiger partial charge in [0.1, 0.15) is 11.6 Å². The lowest BCUT2D eigenvalue weighted by atomic mass is 10.2. The van der Waals surface area contributed by atoms with Crippen LogP contribution in [-0.2, 0) is 6.54 Å². The van der Waals surface area contributed by atoms with Crippen LogP contribution in [0.5, 0.6) is 5.75 Å². The van der Waals surface area contributed by atoms with E-state index in [0.29, 0.717) is 15.1 Å². The van der Waals surface area contributed by atoms with Crippen LogP contribution in [0.1, 0.15) is 5.56 Å². The second-order valence-corrected chi connectivity index (χ2v) is 5.30. The summed E-state index contributed by atoms with van der Waals surface area (Å²) in [6, 6.07) is 12.0. The smallest absolute Gasteiger partial charge is 0.123 e. The number of nitrogens with one attached hydrogen (secondary N) is 1. The van der Waals surface area contributed by atoms with Crippen LogP contribution >= 0.6 is 8.58 Å². The highest BCUT2D eigenvalue weighted by atomic mass is 31.1. The van der Waals surface area contributed by atoms with Crippen molar-refractivity contribution in [3.05, 3.63) is 53.8 Å². The van der Waals surface area contributed by atoms with E-state index in [9.17, 15) is 9.50 Å². The van der Waals surface area contributed by atoms with Crippen LogP contribution in [0, 0.1) is 5.82 Å². The highest BCUT2D eigenvalue weighted by Gasteiger charge is 2.07. The third kappa shape index (κ3) is 3.06. The quantitative estimate of drug-likeness (QED) is 0.825. The molecule has 94 valence electrons. The van der Waals surface area contributed by atoms with Gasteiger partial charge in [-0.05, 0) is 36.1 Å². The van der Waals surface area contributed by atoms with Gasteiger partial charge in [-0.25, -0.2) is 4.39 Å². The van der Waals surface area contributed by atoms with E-state index in [2.05, 4.69) is 5.32 Å². The van der Waals surface area contributed by atoms with Gasteiger partial charge in [-0.3, -0.25) is 0 Å². The predicted octanol–water partition coefficient (Wildman–Crippen LogP) is 1.88. The number of para-hydroxylation sites is 1. The third-order valence-electron chi connectivity index (χ3n) is 2.61. The van der Waals surface area contributed by atoms with Gasteiger partial charge in [-0.1, -0.05) is 32.8 Å². The lowest BCUT2D eigenvalue weighted by Gasteiger charge is -2.10. The van der Waals surface area contributed by atoms with Crippen LogP contribution < -0.4 is 15.9 Å². The van der Waals surface area contributed by atoms with Crippen LogP contribution in [0.15, 0.2) is 42.5 Å². The monoisotopic (exact) mass is 263 g/mol. The lowest BCUT2D eigenvalue weighted by Crippen LogP contribution is -2.15. The molecule has 2 rings (SSSR count). The first-order chi connectivity index (χ1) is 8.70. The van der Waals surface area contributed by atoms with Crippen LogP contribution in [0.4, 0.5) is 4.39 Å². The van der Waals surface area contributed by atoms with Crippen molar-refractivity contribution in [2.24, 2.45) is 0 Å². The van der Waals surface area contributed by atoms with Gasteiger partial charge in [0, 0.05) is 11.8 Å². The molecule has 2 nitrogen and oxygen atoms in total. The van der Waals surface area contributed by atoms with Crippen molar-refractivity contribution in [2.75, 3.05) is 7.05 Å². The normalized spacial score (nSPS) is 11.2. The Morgan fingerprint density at radius 3 is 2.67 bits per heavy atom. The second-order valence-electron chi connectivity index (χ2n) is 3.97. The Bertz CT molecular complexity index is 545. The number of aromatic hydroxyl groups is 1. The maximum Gasteiger partial charge on any atom is 0.123 e.